The molecule has 0 aromatic heterocycles. The molecule has 3 fully saturated rings. The van der Waals surface area contributed by atoms with Crippen LogP contribution < -0.4 is 57.3 Å². The predicted molar refractivity (Wildman–Crippen MR) is 298 cm³/mol. The molecule has 0 aliphatic heterocycles. The van der Waals surface area contributed by atoms with E-state index in [-0.39, 0.29) is 0 Å². The molecule has 10 heteroatoms. The van der Waals surface area contributed by atoms with E-state index in [1.807, 2.05) is 6.92 Å². The maximum Gasteiger partial charge on any atom is 0.00677 e. The van der Waals surface area contributed by atoms with Crippen LogP contribution in [0.25, 0.3) is 0 Å². The molecule has 3 rings (SSSR count). The topological polar surface area (TPSA) is 260 Å². The SMILES string of the molecule is CC(C)C[C@@H](N)CCC(C)N.CC(C)C[C@@H](N)CCC(N)C1CC1.CC(C)C[C@@H](N)CCCN.CC(C)C[C@H](N)CCCN.CC(C)C[C@H]1CC[C@@H](CN)C1.CC(C)C[C@H]1CC[C@H](CN)C1. The molecule has 0 aromatic carbocycles. The fourth-order valence-electron chi connectivity index (χ4n) is 9.84. The Balaban J connectivity index is -0.000000724. The monoisotopic (exact) mass is 941 g/mol. The van der Waals surface area contributed by atoms with Crippen LogP contribution in [0.2, 0.25) is 0 Å². The van der Waals surface area contributed by atoms with Crippen molar-refractivity contribution in [2.45, 2.75) is 268 Å². The Bertz CT molecular complexity index is 940. The van der Waals surface area contributed by atoms with Crippen molar-refractivity contribution in [3.8, 4) is 0 Å². The van der Waals surface area contributed by atoms with E-state index in [0.29, 0.717) is 59.9 Å². The van der Waals surface area contributed by atoms with Crippen LogP contribution in [0.1, 0.15) is 231 Å². The summed E-state index contributed by atoms with van der Waals surface area (Å²) in [4.78, 5) is 0. The van der Waals surface area contributed by atoms with Gasteiger partial charge in [0, 0.05) is 36.3 Å². The second kappa shape index (κ2) is 44.5. The van der Waals surface area contributed by atoms with Gasteiger partial charge in [-0.05, 0) is 227 Å². The van der Waals surface area contributed by atoms with Gasteiger partial charge in [-0.2, -0.15) is 0 Å². The van der Waals surface area contributed by atoms with E-state index in [4.69, 9.17) is 57.3 Å². The van der Waals surface area contributed by atoms with Gasteiger partial charge >= 0.3 is 0 Å². The normalized spacial score (nSPS) is 22.0. The van der Waals surface area contributed by atoms with Crippen LogP contribution >= 0.6 is 0 Å². The number of hydrogen-bond donors (Lipinski definition) is 10. The molecule has 3 aliphatic carbocycles. The molecule has 3 saturated carbocycles. The Morgan fingerprint density at radius 1 is 0.348 bits per heavy atom. The van der Waals surface area contributed by atoms with Crippen LogP contribution in [0, 0.1) is 65.1 Å². The van der Waals surface area contributed by atoms with Gasteiger partial charge in [0.2, 0.25) is 0 Å². The van der Waals surface area contributed by atoms with Crippen molar-refractivity contribution in [2.24, 2.45) is 122 Å². The van der Waals surface area contributed by atoms with Crippen LogP contribution in [0.4, 0.5) is 0 Å². The Morgan fingerprint density at radius 3 is 0.894 bits per heavy atom. The summed E-state index contributed by atoms with van der Waals surface area (Å²) in [6, 6.07) is 2.17. The fourth-order valence-corrected chi connectivity index (χ4v) is 9.84. The Labute approximate surface area is 414 Å². The quantitative estimate of drug-likeness (QED) is 0.0372. The summed E-state index contributed by atoms with van der Waals surface area (Å²) in [5, 5.41) is 0. The van der Waals surface area contributed by atoms with Gasteiger partial charge in [0.05, 0.1) is 0 Å². The highest BCUT2D eigenvalue weighted by molar-refractivity contribution is 4.85. The lowest BCUT2D eigenvalue weighted by Gasteiger charge is -2.16. The summed E-state index contributed by atoms with van der Waals surface area (Å²) in [7, 11) is 0. The van der Waals surface area contributed by atoms with Crippen LogP contribution in [0.5, 0.6) is 0 Å². The van der Waals surface area contributed by atoms with E-state index >= 15 is 0 Å². The molecule has 0 amide bonds. The second-order valence-corrected chi connectivity index (χ2v) is 24.4. The molecule has 3 aliphatic rings. The van der Waals surface area contributed by atoms with Crippen molar-refractivity contribution in [1.82, 2.24) is 0 Å². The zero-order valence-electron chi connectivity index (χ0n) is 47.0. The van der Waals surface area contributed by atoms with E-state index in [2.05, 4.69) is 83.1 Å². The summed E-state index contributed by atoms with van der Waals surface area (Å²) in [6.45, 7) is 32.3. The Hall–Kier alpha value is -0.400. The van der Waals surface area contributed by atoms with E-state index in [1.54, 1.807) is 0 Å². The van der Waals surface area contributed by atoms with Gasteiger partial charge in [0.15, 0.2) is 0 Å². The molecule has 402 valence electrons. The minimum Gasteiger partial charge on any atom is -0.330 e. The largest absolute Gasteiger partial charge is 0.330 e. The summed E-state index contributed by atoms with van der Waals surface area (Å²) in [5.74, 6) is 9.09. The van der Waals surface area contributed by atoms with Crippen molar-refractivity contribution < 1.29 is 0 Å². The van der Waals surface area contributed by atoms with Crippen LogP contribution in [-0.2, 0) is 0 Å². The van der Waals surface area contributed by atoms with E-state index in [1.165, 1.54) is 64.2 Å². The lowest BCUT2D eigenvalue weighted by Crippen LogP contribution is -2.28. The van der Waals surface area contributed by atoms with Gasteiger partial charge in [-0.15, -0.1) is 0 Å². The van der Waals surface area contributed by atoms with Crippen molar-refractivity contribution >= 4 is 0 Å². The molecule has 10 atom stereocenters. The van der Waals surface area contributed by atoms with Crippen LogP contribution in [0.3, 0.4) is 0 Å². The van der Waals surface area contributed by atoms with Crippen LogP contribution in [0.15, 0.2) is 0 Å². The number of nitrogens with two attached hydrogens (primary N) is 10. The summed E-state index contributed by atoms with van der Waals surface area (Å²) >= 11 is 0. The maximum atomic E-state index is 6.00. The number of hydrogen-bond acceptors (Lipinski definition) is 10. The first kappa shape index (κ1) is 69.9. The highest BCUT2D eigenvalue weighted by atomic mass is 14.7. The molecule has 20 N–H and O–H groups in total. The first-order valence-electron chi connectivity index (χ1n) is 28.2. The highest BCUT2D eigenvalue weighted by Gasteiger charge is 2.28. The molecule has 2 unspecified atom stereocenters. The van der Waals surface area contributed by atoms with Gasteiger partial charge < -0.3 is 57.3 Å². The molecule has 10 nitrogen and oxygen atoms in total. The standard InChI is InChI=1S/C11H24N2.2C10H21N.C9H22N2.2C8H20N2/c1-8(2)7-10(12)5-6-11(13)9-3-4-9;2*1-8(2)5-9-3-4-10(6-9)7-11;1-7(2)6-9(11)5-4-8(3)10;2*1-7(2)6-8(10)4-3-5-9/h8-11H,3-7,12-13H2,1-2H3;2*8-10H,3-7,11H2,1-2H3;7-9H,4-6,10-11H2,1-3H3;2*7-8H,3-6,9-10H2,1-2H3/t10-,11?;9-,10+;9-,10-;8?,9-;2*8-/m011010/s1. The minimum atomic E-state index is 0.299. The van der Waals surface area contributed by atoms with Gasteiger partial charge in [0.1, 0.15) is 0 Å². The maximum absolute atomic E-state index is 6.00. The molecular weight excluding hydrogens is 813 g/mol. The zero-order chi connectivity index (χ0) is 51.2. The van der Waals surface area contributed by atoms with Gasteiger partial charge in [-0.1, -0.05) is 95.9 Å². The lowest BCUT2D eigenvalue weighted by molar-refractivity contribution is 0.404. The van der Waals surface area contributed by atoms with Crippen molar-refractivity contribution in [3.63, 3.8) is 0 Å². The first-order chi connectivity index (χ1) is 30.9. The third-order valence-electron chi connectivity index (χ3n) is 13.3. The summed E-state index contributed by atoms with van der Waals surface area (Å²) < 4.78 is 0. The molecular formula is C56H128N10. The Morgan fingerprint density at radius 2 is 0.652 bits per heavy atom. The second-order valence-electron chi connectivity index (χ2n) is 24.4. The number of rotatable bonds is 27. The van der Waals surface area contributed by atoms with Gasteiger partial charge in [-0.25, -0.2) is 0 Å². The summed E-state index contributed by atoms with van der Waals surface area (Å²) in [5.41, 5.74) is 57.0. The Kier molecular flexibility index (Phi) is 47.1. The van der Waals surface area contributed by atoms with Gasteiger partial charge in [0.25, 0.3) is 0 Å². The summed E-state index contributed by atoms with van der Waals surface area (Å²) in [6.07, 6.45) is 27.1. The van der Waals surface area contributed by atoms with Crippen molar-refractivity contribution in [3.05, 3.63) is 0 Å². The van der Waals surface area contributed by atoms with Crippen molar-refractivity contribution in [1.29, 1.82) is 0 Å². The third kappa shape index (κ3) is 50.0. The van der Waals surface area contributed by atoms with Crippen LogP contribution in [-0.4, -0.2) is 62.4 Å². The average molecular weight is 942 g/mol. The molecule has 0 heterocycles. The van der Waals surface area contributed by atoms with E-state index in [9.17, 15) is 0 Å². The minimum absolute atomic E-state index is 0.299. The molecule has 0 bridgehead atoms. The highest BCUT2D eigenvalue weighted by Crippen LogP contribution is 2.35. The lowest BCUT2D eigenvalue weighted by atomic mass is 9.95. The molecule has 0 aromatic rings. The van der Waals surface area contributed by atoms with Gasteiger partial charge in [-0.3, -0.25) is 0 Å². The molecule has 0 saturated heterocycles. The molecule has 0 spiro atoms. The van der Waals surface area contributed by atoms with E-state index in [0.717, 1.165) is 145 Å². The smallest absolute Gasteiger partial charge is 0.00677 e. The average Bonchev–Trinajstić information content (AvgIpc) is 3.81. The predicted octanol–water partition coefficient (Wildman–Crippen LogP) is 10.4. The zero-order valence-corrected chi connectivity index (χ0v) is 47.0. The molecule has 66 heavy (non-hydrogen) atoms. The fraction of sp³-hybridized carbons (Fsp3) is 1.00. The molecule has 0 radical (unpaired) electrons. The van der Waals surface area contributed by atoms with Crippen molar-refractivity contribution in [2.75, 3.05) is 26.2 Å². The third-order valence-corrected chi connectivity index (χ3v) is 13.3. The van der Waals surface area contributed by atoms with E-state index < -0.39 is 0 Å². The first-order valence-corrected chi connectivity index (χ1v) is 28.2.